The average molecular weight is 253 g/mol. The van der Waals surface area contributed by atoms with Crippen LogP contribution in [0.4, 0.5) is 0 Å². The Kier molecular flexibility index (Phi) is 5.93. The Morgan fingerprint density at radius 2 is 1.72 bits per heavy atom. The minimum absolute atomic E-state index is 0.789. The van der Waals surface area contributed by atoms with Gasteiger partial charge in [-0.25, -0.2) is 0 Å². The molecule has 1 unspecified atom stereocenters. The summed E-state index contributed by atoms with van der Waals surface area (Å²) in [7, 11) is 0. The largest absolute Gasteiger partial charge is 0.314 e. The summed E-state index contributed by atoms with van der Waals surface area (Å²) in [4.78, 5) is 5.30. The van der Waals surface area contributed by atoms with Crippen molar-refractivity contribution >= 4 is 0 Å². The molecule has 2 rings (SSSR count). The first-order valence-corrected chi connectivity index (χ1v) is 8.00. The van der Waals surface area contributed by atoms with E-state index in [4.69, 9.17) is 0 Å². The van der Waals surface area contributed by atoms with Crippen molar-refractivity contribution < 1.29 is 0 Å². The summed E-state index contributed by atoms with van der Waals surface area (Å²) >= 11 is 0. The molecule has 2 aliphatic heterocycles. The maximum absolute atomic E-state index is 3.67. The lowest BCUT2D eigenvalue weighted by Gasteiger charge is -2.34. The summed E-state index contributed by atoms with van der Waals surface area (Å²) in [5, 5.41) is 3.67. The highest BCUT2D eigenvalue weighted by Crippen LogP contribution is 2.19. The molecule has 1 atom stereocenters. The fourth-order valence-corrected chi connectivity index (χ4v) is 3.38. The molecule has 2 fully saturated rings. The Bertz CT molecular complexity index is 224. The van der Waals surface area contributed by atoms with Gasteiger partial charge in [-0.3, -0.25) is 0 Å². The Balaban J connectivity index is 1.62. The van der Waals surface area contributed by atoms with Crippen molar-refractivity contribution in [1.82, 2.24) is 15.1 Å². The fraction of sp³-hybridized carbons (Fsp3) is 1.00. The normalized spacial score (nSPS) is 28.0. The molecule has 0 bridgehead atoms. The van der Waals surface area contributed by atoms with E-state index in [0.717, 1.165) is 12.0 Å². The van der Waals surface area contributed by atoms with Crippen molar-refractivity contribution in [3.05, 3.63) is 0 Å². The molecule has 1 N–H and O–H groups in total. The van der Waals surface area contributed by atoms with Crippen molar-refractivity contribution in [2.75, 3.05) is 45.8 Å². The van der Waals surface area contributed by atoms with Crippen LogP contribution < -0.4 is 5.32 Å². The second-order valence-electron chi connectivity index (χ2n) is 6.08. The second kappa shape index (κ2) is 7.46. The lowest BCUT2D eigenvalue weighted by Crippen LogP contribution is -2.44. The molecule has 2 aliphatic rings. The van der Waals surface area contributed by atoms with Crippen LogP contribution in [0.2, 0.25) is 0 Å². The van der Waals surface area contributed by atoms with Crippen LogP contribution in [-0.4, -0.2) is 61.7 Å². The van der Waals surface area contributed by atoms with Crippen molar-refractivity contribution in [3.63, 3.8) is 0 Å². The summed E-state index contributed by atoms with van der Waals surface area (Å²) < 4.78 is 0. The second-order valence-corrected chi connectivity index (χ2v) is 6.08. The molecular formula is C15H31N3. The molecule has 0 amide bonds. The minimum Gasteiger partial charge on any atom is -0.314 e. The highest BCUT2D eigenvalue weighted by molar-refractivity contribution is 4.82. The van der Waals surface area contributed by atoms with E-state index in [9.17, 15) is 0 Å². The van der Waals surface area contributed by atoms with Gasteiger partial charge >= 0.3 is 0 Å². The summed E-state index contributed by atoms with van der Waals surface area (Å²) in [5.74, 6) is 0.935. The van der Waals surface area contributed by atoms with E-state index >= 15 is 0 Å². The predicted octanol–water partition coefficient (Wildman–Crippen LogP) is 1.79. The molecule has 0 saturated carbocycles. The molecule has 0 aromatic heterocycles. The zero-order valence-corrected chi connectivity index (χ0v) is 12.3. The summed E-state index contributed by atoms with van der Waals surface area (Å²) in [6.07, 6.45) is 5.38. The molecule has 0 aromatic carbocycles. The molecular weight excluding hydrogens is 222 g/mol. The molecule has 2 saturated heterocycles. The molecule has 0 radical (unpaired) electrons. The monoisotopic (exact) mass is 253 g/mol. The van der Waals surface area contributed by atoms with E-state index in [0.29, 0.717) is 0 Å². The van der Waals surface area contributed by atoms with E-state index in [1.165, 1.54) is 71.5 Å². The van der Waals surface area contributed by atoms with Gasteiger partial charge in [0.1, 0.15) is 0 Å². The molecule has 0 aromatic rings. The Morgan fingerprint density at radius 3 is 2.33 bits per heavy atom. The maximum atomic E-state index is 3.67. The van der Waals surface area contributed by atoms with Gasteiger partial charge in [0, 0.05) is 19.1 Å². The zero-order chi connectivity index (χ0) is 12.8. The van der Waals surface area contributed by atoms with E-state index in [-0.39, 0.29) is 0 Å². The Labute approximate surface area is 113 Å². The molecule has 0 aliphatic carbocycles. The number of hydrogen-bond acceptors (Lipinski definition) is 3. The van der Waals surface area contributed by atoms with Crippen LogP contribution in [0, 0.1) is 5.92 Å². The van der Waals surface area contributed by atoms with Crippen molar-refractivity contribution in [3.8, 4) is 0 Å². The van der Waals surface area contributed by atoms with Crippen LogP contribution in [0.5, 0.6) is 0 Å². The number of likely N-dealkylation sites (tertiary alicyclic amines) is 2. The van der Waals surface area contributed by atoms with Crippen LogP contribution in [0.15, 0.2) is 0 Å². The minimum atomic E-state index is 0.789. The van der Waals surface area contributed by atoms with Gasteiger partial charge in [0.25, 0.3) is 0 Å². The Hall–Kier alpha value is -0.120. The average Bonchev–Trinajstić information content (AvgIpc) is 2.86. The van der Waals surface area contributed by atoms with Gasteiger partial charge in [0.2, 0.25) is 0 Å². The number of nitrogens with one attached hydrogen (secondary N) is 1. The van der Waals surface area contributed by atoms with E-state index in [2.05, 4.69) is 29.0 Å². The van der Waals surface area contributed by atoms with Gasteiger partial charge in [0.15, 0.2) is 0 Å². The number of rotatable bonds is 6. The molecule has 3 heteroatoms. The first-order valence-electron chi connectivity index (χ1n) is 8.00. The summed E-state index contributed by atoms with van der Waals surface area (Å²) in [5.41, 5.74) is 0. The van der Waals surface area contributed by atoms with Gasteiger partial charge in [-0.2, -0.15) is 0 Å². The van der Waals surface area contributed by atoms with E-state index in [1.54, 1.807) is 0 Å². The quantitative estimate of drug-likeness (QED) is 0.778. The third-order valence-electron chi connectivity index (χ3n) is 4.60. The molecule has 3 nitrogen and oxygen atoms in total. The third-order valence-corrected chi connectivity index (χ3v) is 4.60. The summed E-state index contributed by atoms with van der Waals surface area (Å²) in [6.45, 7) is 13.6. The van der Waals surface area contributed by atoms with Crippen LogP contribution in [0.25, 0.3) is 0 Å². The third kappa shape index (κ3) is 4.22. The standard InChI is InChI=1S/C15H31N3/c1-3-8-16-15-6-10-18(11-7-15)13-14-5-9-17(4-2)12-14/h14-16H,3-13H2,1-2H3. The van der Waals surface area contributed by atoms with E-state index in [1.807, 2.05) is 0 Å². The van der Waals surface area contributed by atoms with Gasteiger partial charge in [0.05, 0.1) is 0 Å². The van der Waals surface area contributed by atoms with Crippen LogP contribution in [0.1, 0.15) is 39.5 Å². The Morgan fingerprint density at radius 1 is 1.00 bits per heavy atom. The molecule has 18 heavy (non-hydrogen) atoms. The smallest absolute Gasteiger partial charge is 0.00914 e. The van der Waals surface area contributed by atoms with Crippen LogP contribution >= 0.6 is 0 Å². The lowest BCUT2D eigenvalue weighted by atomic mass is 10.0. The first kappa shape index (κ1) is 14.3. The van der Waals surface area contributed by atoms with Crippen molar-refractivity contribution in [2.45, 2.75) is 45.6 Å². The fourth-order valence-electron chi connectivity index (χ4n) is 3.38. The molecule has 106 valence electrons. The highest BCUT2D eigenvalue weighted by atomic mass is 15.2. The SMILES string of the molecule is CCCNC1CCN(CC2CCN(CC)C2)CC1. The first-order chi connectivity index (χ1) is 8.81. The van der Waals surface area contributed by atoms with Gasteiger partial charge in [-0.1, -0.05) is 13.8 Å². The number of hydrogen-bond donors (Lipinski definition) is 1. The van der Waals surface area contributed by atoms with Gasteiger partial charge in [-0.15, -0.1) is 0 Å². The van der Waals surface area contributed by atoms with Crippen LogP contribution in [0.3, 0.4) is 0 Å². The topological polar surface area (TPSA) is 18.5 Å². The van der Waals surface area contributed by atoms with Crippen LogP contribution in [-0.2, 0) is 0 Å². The molecule has 2 heterocycles. The van der Waals surface area contributed by atoms with Gasteiger partial charge in [-0.05, 0) is 64.3 Å². The maximum Gasteiger partial charge on any atom is 0.00914 e. The molecule has 0 spiro atoms. The number of nitrogens with zero attached hydrogens (tertiary/aromatic N) is 2. The summed E-state index contributed by atoms with van der Waals surface area (Å²) in [6, 6.07) is 0.789. The highest BCUT2D eigenvalue weighted by Gasteiger charge is 2.25. The predicted molar refractivity (Wildman–Crippen MR) is 78.0 cm³/mol. The zero-order valence-electron chi connectivity index (χ0n) is 12.3. The lowest BCUT2D eigenvalue weighted by molar-refractivity contribution is 0.172. The number of piperidine rings is 1. The van der Waals surface area contributed by atoms with E-state index < -0.39 is 0 Å². The van der Waals surface area contributed by atoms with Gasteiger partial charge < -0.3 is 15.1 Å². The van der Waals surface area contributed by atoms with Crippen molar-refractivity contribution in [1.29, 1.82) is 0 Å². The van der Waals surface area contributed by atoms with Crippen molar-refractivity contribution in [2.24, 2.45) is 5.92 Å².